The highest BCUT2D eigenvalue weighted by Crippen LogP contribution is 2.31. The molecule has 1 aliphatic heterocycles. The minimum atomic E-state index is -4.93. The Kier molecular flexibility index (Phi) is 10.8. The fraction of sp³-hybridized carbons (Fsp3) is 0.517. The van der Waals surface area contributed by atoms with Gasteiger partial charge in [-0.05, 0) is 37.7 Å². The first-order valence-electron chi connectivity index (χ1n) is 14.0. The summed E-state index contributed by atoms with van der Waals surface area (Å²) >= 11 is 0. The lowest BCUT2D eigenvalue weighted by molar-refractivity contribution is -0.140. The average molecular weight is 624 g/mol. The van der Waals surface area contributed by atoms with E-state index in [1.54, 1.807) is 0 Å². The van der Waals surface area contributed by atoms with Crippen molar-refractivity contribution in [3.8, 4) is 0 Å². The first kappa shape index (κ1) is 34.1. The molecule has 3 amide bonds. The summed E-state index contributed by atoms with van der Waals surface area (Å²) in [6.45, 7) is 9.18. The number of carbonyl (C=O) groups excluding carboxylic acids is 4. The fourth-order valence-corrected chi connectivity index (χ4v) is 4.42. The Morgan fingerprint density at radius 3 is 2.48 bits per heavy atom. The molecular weight excluding hydrogens is 587 g/mol. The number of hydrogen-bond donors (Lipinski definition) is 3. The molecule has 3 rings (SSSR count). The van der Waals surface area contributed by atoms with Crippen LogP contribution in [0.4, 0.5) is 18.9 Å². The molecular formula is C29H36F3N5O7. The molecule has 0 aromatic carbocycles. The van der Waals surface area contributed by atoms with Crippen LogP contribution in [0.5, 0.6) is 0 Å². The molecule has 240 valence electrons. The van der Waals surface area contributed by atoms with E-state index in [2.05, 4.69) is 21.1 Å². The minimum absolute atomic E-state index is 0.0903. The number of aryl methyl sites for hydroxylation is 1. The molecule has 0 aliphatic carbocycles. The van der Waals surface area contributed by atoms with Crippen molar-refractivity contribution in [2.75, 3.05) is 18.5 Å². The topological polar surface area (TPSA) is 162 Å². The van der Waals surface area contributed by atoms with E-state index in [9.17, 15) is 37.1 Å². The second-order valence-corrected chi connectivity index (χ2v) is 11.7. The van der Waals surface area contributed by atoms with Gasteiger partial charge in [0, 0.05) is 36.8 Å². The Hall–Kier alpha value is -4.43. The Balaban J connectivity index is 1.92. The van der Waals surface area contributed by atoms with Gasteiger partial charge >= 0.3 is 12.1 Å². The molecule has 3 heterocycles. The third-order valence-corrected chi connectivity index (χ3v) is 6.65. The SMILES string of the molecule is CC[C@@H](C(=O)N[C@H](/C=C/C(=O)OCC(C)(C)C)C[C@@H]1CCNC1=O)n1cc(C(F)(F)F)cc(NC(=O)c2cc(C)on2)c1=O. The molecule has 0 unspecified atom stereocenters. The lowest BCUT2D eigenvalue weighted by atomic mass is 9.97. The number of amides is 3. The van der Waals surface area contributed by atoms with Crippen LogP contribution in [-0.2, 0) is 25.3 Å². The number of nitrogens with one attached hydrogen (secondary N) is 3. The van der Waals surface area contributed by atoms with Gasteiger partial charge in [-0.1, -0.05) is 38.9 Å². The van der Waals surface area contributed by atoms with Gasteiger partial charge in [-0.2, -0.15) is 13.2 Å². The molecule has 3 atom stereocenters. The highest BCUT2D eigenvalue weighted by atomic mass is 19.4. The Morgan fingerprint density at radius 1 is 1.23 bits per heavy atom. The maximum Gasteiger partial charge on any atom is 0.417 e. The Bertz CT molecular complexity index is 1470. The number of carbonyl (C=O) groups is 4. The van der Waals surface area contributed by atoms with Crippen molar-refractivity contribution in [1.82, 2.24) is 20.4 Å². The number of pyridine rings is 1. The van der Waals surface area contributed by atoms with Gasteiger partial charge in [-0.25, -0.2) is 4.79 Å². The summed E-state index contributed by atoms with van der Waals surface area (Å²) in [5, 5.41) is 11.0. The molecule has 1 saturated heterocycles. The van der Waals surface area contributed by atoms with Crippen molar-refractivity contribution in [3.63, 3.8) is 0 Å². The number of ether oxygens (including phenoxy) is 1. The number of hydrogen-bond acceptors (Lipinski definition) is 8. The van der Waals surface area contributed by atoms with Gasteiger partial charge in [0.25, 0.3) is 11.5 Å². The van der Waals surface area contributed by atoms with Gasteiger partial charge < -0.3 is 29.8 Å². The molecule has 1 fully saturated rings. The van der Waals surface area contributed by atoms with E-state index in [0.29, 0.717) is 29.8 Å². The number of halogens is 3. The summed E-state index contributed by atoms with van der Waals surface area (Å²) in [4.78, 5) is 63.9. The highest BCUT2D eigenvalue weighted by molar-refractivity contribution is 6.02. The number of anilines is 1. The van der Waals surface area contributed by atoms with Crippen molar-refractivity contribution in [3.05, 3.63) is 57.9 Å². The van der Waals surface area contributed by atoms with Crippen LogP contribution < -0.4 is 21.5 Å². The van der Waals surface area contributed by atoms with Crippen LogP contribution in [-0.4, -0.2) is 52.6 Å². The molecule has 12 nitrogen and oxygen atoms in total. The summed E-state index contributed by atoms with van der Waals surface area (Å²) < 4.78 is 52.2. The van der Waals surface area contributed by atoms with Gasteiger partial charge in [0.1, 0.15) is 17.5 Å². The quantitative estimate of drug-likeness (QED) is 0.253. The second-order valence-electron chi connectivity index (χ2n) is 11.7. The molecule has 1 aliphatic rings. The highest BCUT2D eigenvalue weighted by Gasteiger charge is 2.35. The van der Waals surface area contributed by atoms with E-state index in [0.717, 1.165) is 6.08 Å². The standard InChI is InChI=1S/C29H36F3N5O7/c1-6-22(26(41)34-19(12-17-9-10-33-24(17)39)7-8-23(38)43-15-28(3,4)5)37-14-18(29(30,31)32)13-21(27(37)42)35-25(40)20-11-16(2)44-36-20/h7-8,11,13-14,17,19,22H,6,9-10,12,15H2,1-5H3,(H,33,39)(H,34,41)(H,35,40)/b8-7+/t17-,19+,22-/m0/s1. The number of aromatic nitrogens is 2. The summed E-state index contributed by atoms with van der Waals surface area (Å²) in [7, 11) is 0. The Morgan fingerprint density at radius 2 is 1.93 bits per heavy atom. The molecule has 0 bridgehead atoms. The molecule has 3 N–H and O–H groups in total. The van der Waals surface area contributed by atoms with Crippen molar-refractivity contribution in [2.45, 2.75) is 72.1 Å². The summed E-state index contributed by atoms with van der Waals surface area (Å²) in [5.41, 5.74) is -3.63. The minimum Gasteiger partial charge on any atom is -0.462 e. The van der Waals surface area contributed by atoms with E-state index < -0.39 is 58.8 Å². The third-order valence-electron chi connectivity index (χ3n) is 6.65. The molecule has 15 heteroatoms. The smallest absolute Gasteiger partial charge is 0.417 e. The van der Waals surface area contributed by atoms with Crippen LogP contribution in [0.3, 0.4) is 0 Å². The van der Waals surface area contributed by atoms with E-state index in [4.69, 9.17) is 9.26 Å². The number of alkyl halides is 3. The van der Waals surface area contributed by atoms with Crippen molar-refractivity contribution < 1.29 is 41.6 Å². The van der Waals surface area contributed by atoms with Crippen LogP contribution in [0.15, 0.2) is 39.8 Å². The summed E-state index contributed by atoms with van der Waals surface area (Å²) in [5.74, 6) is -2.97. The first-order chi connectivity index (χ1) is 20.5. The normalized spacial score (nSPS) is 16.8. The van der Waals surface area contributed by atoms with Gasteiger partial charge in [0.2, 0.25) is 11.8 Å². The second kappa shape index (κ2) is 13.9. The maximum absolute atomic E-state index is 13.9. The average Bonchev–Trinajstić information content (AvgIpc) is 3.55. The van der Waals surface area contributed by atoms with Crippen LogP contribution in [0.1, 0.15) is 74.8 Å². The van der Waals surface area contributed by atoms with E-state index >= 15 is 0 Å². The largest absolute Gasteiger partial charge is 0.462 e. The predicted molar refractivity (Wildman–Crippen MR) is 151 cm³/mol. The summed E-state index contributed by atoms with van der Waals surface area (Å²) in [6, 6.07) is -0.637. The van der Waals surface area contributed by atoms with Crippen LogP contribution in [0.25, 0.3) is 0 Å². The van der Waals surface area contributed by atoms with Gasteiger partial charge in [-0.3, -0.25) is 19.2 Å². The molecule has 0 radical (unpaired) electrons. The third kappa shape index (κ3) is 9.28. The maximum atomic E-state index is 13.9. The summed E-state index contributed by atoms with van der Waals surface area (Å²) in [6.07, 6.45) is -1.51. The fourth-order valence-electron chi connectivity index (χ4n) is 4.42. The van der Waals surface area contributed by atoms with E-state index in [1.807, 2.05) is 20.8 Å². The Labute approximate surface area is 251 Å². The predicted octanol–water partition coefficient (Wildman–Crippen LogP) is 3.52. The zero-order valence-electron chi connectivity index (χ0n) is 25.0. The molecule has 0 saturated carbocycles. The lowest BCUT2D eigenvalue weighted by Gasteiger charge is -2.24. The van der Waals surface area contributed by atoms with Crippen molar-refractivity contribution in [2.24, 2.45) is 11.3 Å². The zero-order chi connectivity index (χ0) is 32.8. The molecule has 2 aromatic rings. The van der Waals surface area contributed by atoms with Crippen LogP contribution in [0, 0.1) is 18.3 Å². The number of rotatable bonds is 11. The van der Waals surface area contributed by atoms with Gasteiger partial charge in [0.05, 0.1) is 12.2 Å². The van der Waals surface area contributed by atoms with E-state index in [1.165, 1.54) is 26.0 Å². The van der Waals surface area contributed by atoms with Crippen molar-refractivity contribution in [1.29, 1.82) is 0 Å². The van der Waals surface area contributed by atoms with Crippen molar-refractivity contribution >= 4 is 29.4 Å². The van der Waals surface area contributed by atoms with E-state index in [-0.39, 0.29) is 42.2 Å². The number of nitrogens with zero attached hydrogens (tertiary/aromatic N) is 2. The van der Waals surface area contributed by atoms with Crippen LogP contribution >= 0.6 is 0 Å². The first-order valence-corrected chi connectivity index (χ1v) is 14.0. The molecule has 44 heavy (non-hydrogen) atoms. The van der Waals surface area contributed by atoms with Gasteiger partial charge in [0.15, 0.2) is 5.69 Å². The lowest BCUT2D eigenvalue weighted by Crippen LogP contribution is -2.43. The van der Waals surface area contributed by atoms with Crippen LogP contribution in [0.2, 0.25) is 0 Å². The van der Waals surface area contributed by atoms with Gasteiger partial charge in [-0.15, -0.1) is 0 Å². The monoisotopic (exact) mass is 623 g/mol. The molecule has 0 spiro atoms. The zero-order valence-corrected chi connectivity index (χ0v) is 25.0. The number of esters is 1. The molecule has 2 aromatic heterocycles.